The van der Waals surface area contributed by atoms with Gasteiger partial charge in [-0.3, -0.25) is 9.48 Å². The first-order valence-corrected chi connectivity index (χ1v) is 20.6. The van der Waals surface area contributed by atoms with Crippen LogP contribution in [0.25, 0.3) is 39.0 Å². The highest BCUT2D eigenvalue weighted by Gasteiger charge is 2.66. The quantitative estimate of drug-likeness (QED) is 0.240. The number of anilines is 4. The molecule has 318 valence electrons. The number of nitrogens with zero attached hydrogens (tertiary/aromatic N) is 13. The summed E-state index contributed by atoms with van der Waals surface area (Å²) >= 11 is 0. The maximum absolute atomic E-state index is 15.5. The Balaban J connectivity index is 1.02. The third-order valence-corrected chi connectivity index (χ3v) is 13.0. The molecule has 0 aliphatic carbocycles. The number of carbonyl (C=O) groups excluding carboxylic acids is 1. The predicted molar refractivity (Wildman–Crippen MR) is 226 cm³/mol. The first-order valence-electron chi connectivity index (χ1n) is 20.6. The van der Waals surface area contributed by atoms with Gasteiger partial charge in [0, 0.05) is 83.4 Å². The maximum atomic E-state index is 15.5. The largest absolute Gasteiger partial charge is 0.378 e. The molecule has 4 aliphatic rings. The van der Waals surface area contributed by atoms with E-state index < -0.39 is 29.6 Å². The van der Waals surface area contributed by atoms with E-state index in [1.807, 2.05) is 53.9 Å². The number of ether oxygens (including phenoxy) is 1. The zero-order chi connectivity index (χ0) is 42.8. The van der Waals surface area contributed by atoms with Crippen LogP contribution in [0, 0.1) is 24.4 Å². The Morgan fingerprint density at radius 3 is 2.55 bits per heavy atom. The summed E-state index contributed by atoms with van der Waals surface area (Å²) in [6.45, 7) is 6.30. The molecule has 1 amide bonds. The molecule has 11 rings (SSSR count). The number of aromatic nitrogens is 9. The van der Waals surface area contributed by atoms with Crippen molar-refractivity contribution < 1.29 is 22.7 Å². The Bertz CT molecular complexity index is 2950. The molecule has 19 heteroatoms. The van der Waals surface area contributed by atoms with E-state index in [1.165, 1.54) is 28.9 Å². The highest BCUT2D eigenvalue weighted by molar-refractivity contribution is 5.95. The maximum Gasteiger partial charge on any atom is 0.245 e. The van der Waals surface area contributed by atoms with Crippen molar-refractivity contribution in [1.29, 1.82) is 0 Å². The molecule has 4 aliphatic heterocycles. The fraction of sp³-hybridized carbons (Fsp3) is 0.372. The zero-order valence-corrected chi connectivity index (χ0v) is 34.7. The van der Waals surface area contributed by atoms with Gasteiger partial charge in [-0.05, 0) is 50.6 Å². The Morgan fingerprint density at radius 1 is 0.935 bits per heavy atom. The summed E-state index contributed by atoms with van der Waals surface area (Å²) in [5.74, 6) is 0.871. The molecule has 5 atom stereocenters. The molecule has 0 spiro atoms. The minimum Gasteiger partial charge on any atom is -0.378 e. The van der Waals surface area contributed by atoms with Crippen molar-refractivity contribution in [3.63, 3.8) is 0 Å². The van der Waals surface area contributed by atoms with Crippen LogP contribution in [0.5, 0.6) is 0 Å². The second-order valence-electron chi connectivity index (χ2n) is 17.0. The van der Waals surface area contributed by atoms with Crippen molar-refractivity contribution in [2.24, 2.45) is 7.05 Å². The topological polar surface area (TPSA) is 143 Å². The van der Waals surface area contributed by atoms with Crippen LogP contribution in [0.4, 0.5) is 36.6 Å². The summed E-state index contributed by atoms with van der Waals surface area (Å²) in [6.07, 6.45) is 3.41. The number of rotatable bonds is 5. The van der Waals surface area contributed by atoms with Gasteiger partial charge in [-0.15, -0.1) is 0 Å². The molecule has 62 heavy (non-hydrogen) atoms. The van der Waals surface area contributed by atoms with E-state index in [2.05, 4.69) is 32.2 Å². The van der Waals surface area contributed by atoms with Crippen molar-refractivity contribution in [3.8, 4) is 16.9 Å². The average molecular weight is 845 g/mol. The van der Waals surface area contributed by atoms with E-state index in [4.69, 9.17) is 24.7 Å². The Labute approximate surface area is 353 Å². The Kier molecular flexibility index (Phi) is 8.55. The first-order chi connectivity index (χ1) is 29.9. The zero-order valence-electron chi connectivity index (χ0n) is 34.7. The van der Waals surface area contributed by atoms with Crippen LogP contribution in [0.15, 0.2) is 67.0 Å². The third-order valence-electron chi connectivity index (χ3n) is 13.0. The Hall–Kier alpha value is -6.76. The third kappa shape index (κ3) is 6.03. The lowest BCUT2D eigenvalue weighted by Crippen LogP contribution is -2.47. The van der Waals surface area contributed by atoms with E-state index in [9.17, 15) is 9.18 Å². The number of halogens is 3. The molecule has 7 aromatic rings. The van der Waals surface area contributed by atoms with E-state index >= 15 is 8.78 Å². The van der Waals surface area contributed by atoms with E-state index in [-0.39, 0.29) is 35.8 Å². The number of methoxy groups -OCH3 is 1. The lowest BCUT2D eigenvalue weighted by molar-refractivity contribution is -0.132. The van der Waals surface area contributed by atoms with Crippen LogP contribution in [0.3, 0.4) is 0 Å². The fourth-order valence-electron chi connectivity index (χ4n) is 9.89. The highest BCUT2D eigenvalue weighted by Crippen LogP contribution is 2.50. The number of imidazole rings is 1. The number of amides is 1. The lowest BCUT2D eigenvalue weighted by atomic mass is 10.1. The van der Waals surface area contributed by atoms with Crippen LogP contribution >= 0.6 is 0 Å². The number of pyridine rings is 1. The van der Waals surface area contributed by atoms with Crippen LogP contribution in [-0.2, 0) is 23.1 Å². The highest BCUT2D eigenvalue weighted by atomic mass is 19.1. The van der Waals surface area contributed by atoms with Gasteiger partial charge in [0.15, 0.2) is 17.3 Å². The van der Waals surface area contributed by atoms with Crippen molar-refractivity contribution in [2.75, 3.05) is 60.4 Å². The normalized spacial score (nSPS) is 23.6. The molecule has 3 saturated heterocycles. The summed E-state index contributed by atoms with van der Waals surface area (Å²) in [5, 5.41) is 13.3. The summed E-state index contributed by atoms with van der Waals surface area (Å²) in [4.78, 5) is 42.9. The fourth-order valence-corrected chi connectivity index (χ4v) is 9.89. The average Bonchev–Trinajstić information content (AvgIpc) is 3.94. The summed E-state index contributed by atoms with van der Waals surface area (Å²) in [6, 6.07) is 12.8. The Morgan fingerprint density at radius 2 is 1.79 bits per heavy atom. The number of likely N-dealkylation sites (N-methyl/N-ethyl adjacent to an activating group) is 1. The number of hydrogen-bond donors (Lipinski definition) is 1. The van der Waals surface area contributed by atoms with Crippen molar-refractivity contribution >= 4 is 51.4 Å². The second kappa shape index (κ2) is 13.9. The van der Waals surface area contributed by atoms with Crippen LogP contribution in [0.1, 0.15) is 19.2 Å². The van der Waals surface area contributed by atoms with Crippen LogP contribution < -0.4 is 20.0 Å². The number of hydrogen-bond acceptors (Lipinski definition) is 12. The monoisotopic (exact) mass is 844 g/mol. The predicted octanol–water partition coefficient (Wildman–Crippen LogP) is 4.70. The summed E-state index contributed by atoms with van der Waals surface area (Å²) < 4.78 is 56.0. The van der Waals surface area contributed by atoms with Gasteiger partial charge in [-0.25, -0.2) is 27.8 Å². The van der Waals surface area contributed by atoms with Crippen molar-refractivity contribution in [3.05, 3.63) is 90.3 Å². The smallest absolute Gasteiger partial charge is 0.245 e. The number of fused-ring (bicyclic) bond motifs is 7. The molecular formula is C43H43F3N14O2. The van der Waals surface area contributed by atoms with Gasteiger partial charge in [-0.1, -0.05) is 6.07 Å². The van der Waals surface area contributed by atoms with Gasteiger partial charge in [-0.2, -0.15) is 20.2 Å². The molecule has 16 nitrogen and oxygen atoms in total. The number of benzene rings is 2. The lowest BCUT2D eigenvalue weighted by Gasteiger charge is -2.31. The van der Waals surface area contributed by atoms with Gasteiger partial charge in [0.25, 0.3) is 0 Å². The van der Waals surface area contributed by atoms with E-state index in [0.717, 1.165) is 17.4 Å². The molecular weight excluding hydrogens is 802 g/mol. The molecule has 2 unspecified atom stereocenters. The minimum absolute atomic E-state index is 0.0220. The number of carbonyl (C=O) groups is 1. The molecule has 3 fully saturated rings. The molecule has 2 aromatic carbocycles. The molecule has 9 heterocycles. The molecule has 1 N–H and O–H groups in total. The van der Waals surface area contributed by atoms with Gasteiger partial charge in [0.2, 0.25) is 11.9 Å². The van der Waals surface area contributed by atoms with Gasteiger partial charge in [0.05, 0.1) is 52.5 Å². The minimum atomic E-state index is -0.800. The number of nitrogens with one attached hydrogen (secondary N) is 1. The van der Waals surface area contributed by atoms with Gasteiger partial charge < -0.3 is 34.2 Å². The SMILES string of the molecule is CO[C@H]1CN(C)C(=O)[C@@H]2C[C@@H](CN2c2nc(N3C4CN(c5ccn(C)n5)CC43C)nc3c2cnn3-c2ccc(F)cc2F)Nc2cccc(n2)-c2cc(F)cc3nc(C)n(c23)C1. The molecule has 4 bridgehead atoms. The molecule has 0 radical (unpaired) electrons. The van der Waals surface area contributed by atoms with E-state index in [0.29, 0.717) is 83.8 Å². The van der Waals surface area contributed by atoms with Crippen LogP contribution in [0.2, 0.25) is 0 Å². The first kappa shape index (κ1) is 38.2. The van der Waals surface area contributed by atoms with Crippen molar-refractivity contribution in [1.82, 2.24) is 49.0 Å². The summed E-state index contributed by atoms with van der Waals surface area (Å²) in [7, 11) is 5.26. The van der Waals surface area contributed by atoms with Gasteiger partial charge in [0.1, 0.15) is 40.8 Å². The summed E-state index contributed by atoms with van der Waals surface area (Å²) in [5.41, 5.74) is 2.38. The number of aryl methyl sites for hydroxylation is 2. The van der Waals surface area contributed by atoms with Crippen molar-refractivity contribution in [2.45, 2.75) is 56.6 Å². The van der Waals surface area contributed by atoms with Gasteiger partial charge >= 0.3 is 0 Å². The molecule has 0 saturated carbocycles. The van der Waals surface area contributed by atoms with Crippen LogP contribution in [-0.4, -0.2) is 125 Å². The van der Waals surface area contributed by atoms with E-state index in [1.54, 1.807) is 29.9 Å². The molecule has 5 aromatic heterocycles. The number of piperazine rings is 1. The standard InChI is InChI=1S/C43H43F3N14O2/c1-23-48-32-15-25(45)13-28-31-7-6-8-36(50-31)49-26-16-34(41(61)54(3)19-27(62-5)20-57(23)38(28)32)58(18-26)39-29-17-47-60(33-10-9-24(44)14-30(33)46)40(29)52-42(51-39)59-35-21-56(22-43(35,59)2)37-11-12-55(4)53-37/h6-15,17,26-27,34-35H,16,18-22H2,1-5H3,(H,49,50)/t26-,27-,34-,35?,43?,59?/m0/s1. The second-order valence-corrected chi connectivity index (χ2v) is 17.0.